The number of aromatic hydroxyl groups is 1. The molecule has 4 rings (SSSR count). The monoisotopic (exact) mass is 429 g/mol. The van der Waals surface area contributed by atoms with Crippen molar-refractivity contribution in [2.24, 2.45) is 5.10 Å². The molecule has 1 unspecified atom stereocenters. The zero-order valence-electron chi connectivity index (χ0n) is 14.0. The average molecular weight is 430 g/mol. The summed E-state index contributed by atoms with van der Waals surface area (Å²) in [4.78, 5) is 4.21. The number of thiazole rings is 1. The second-order valence-corrected chi connectivity index (χ2v) is 7.63. The molecule has 2 heterocycles. The molecule has 0 amide bonds. The van der Waals surface area contributed by atoms with Crippen molar-refractivity contribution in [2.45, 2.75) is 12.5 Å². The maximum Gasteiger partial charge on any atom is 0.223 e. The van der Waals surface area contributed by atoms with Gasteiger partial charge in [-0.2, -0.15) is 10.1 Å². The summed E-state index contributed by atoms with van der Waals surface area (Å²) in [7, 11) is 1.66. The molecule has 1 aliphatic rings. The number of hydrazone groups is 1. The molecule has 1 atom stereocenters. The molecule has 1 aromatic heterocycles. The fourth-order valence-electron chi connectivity index (χ4n) is 2.95. The molecule has 0 bridgehead atoms. The van der Waals surface area contributed by atoms with E-state index in [4.69, 9.17) is 9.84 Å². The van der Waals surface area contributed by atoms with Crippen molar-refractivity contribution < 1.29 is 9.84 Å². The highest BCUT2D eigenvalue weighted by atomic mass is 79.9. The summed E-state index contributed by atoms with van der Waals surface area (Å²) in [5.74, 6) is 0.839. The number of benzene rings is 2. The third-order valence-electron chi connectivity index (χ3n) is 4.26. The lowest BCUT2D eigenvalue weighted by molar-refractivity contribution is 0.415. The first kappa shape index (κ1) is 17.1. The molecule has 1 N–H and O–H groups in total. The summed E-state index contributed by atoms with van der Waals surface area (Å²) in [6, 6.07) is 16.2. The lowest BCUT2D eigenvalue weighted by Gasteiger charge is -2.21. The van der Waals surface area contributed by atoms with E-state index in [1.165, 1.54) is 11.3 Å². The first-order valence-corrected chi connectivity index (χ1v) is 9.72. The lowest BCUT2D eigenvalue weighted by atomic mass is 9.98. The molecule has 0 spiro atoms. The van der Waals surface area contributed by atoms with Crippen LogP contribution in [-0.4, -0.2) is 22.9 Å². The van der Waals surface area contributed by atoms with Gasteiger partial charge in [-0.05, 0) is 47.5 Å². The van der Waals surface area contributed by atoms with E-state index in [2.05, 4.69) is 33.0 Å². The minimum atomic E-state index is 0.0210. The van der Waals surface area contributed by atoms with Crippen LogP contribution < -0.4 is 9.75 Å². The van der Waals surface area contributed by atoms with Gasteiger partial charge in [0.15, 0.2) is 0 Å². The van der Waals surface area contributed by atoms with Gasteiger partial charge >= 0.3 is 0 Å². The number of halogens is 1. The number of hydrogen-bond donors (Lipinski definition) is 1. The summed E-state index contributed by atoms with van der Waals surface area (Å²) in [5.41, 5.74) is 3.18. The number of anilines is 1. The molecule has 132 valence electrons. The second kappa shape index (κ2) is 7.09. The van der Waals surface area contributed by atoms with Crippen LogP contribution in [0.5, 0.6) is 11.6 Å². The highest BCUT2D eigenvalue weighted by Gasteiger charge is 2.31. The van der Waals surface area contributed by atoms with Gasteiger partial charge in [0.1, 0.15) is 5.75 Å². The Morgan fingerprint density at radius 1 is 1.15 bits per heavy atom. The largest absolute Gasteiger partial charge is 0.497 e. The van der Waals surface area contributed by atoms with Gasteiger partial charge in [0.2, 0.25) is 11.0 Å². The van der Waals surface area contributed by atoms with Crippen LogP contribution in [0.1, 0.15) is 23.6 Å². The van der Waals surface area contributed by atoms with Crippen molar-refractivity contribution >= 4 is 38.1 Å². The smallest absolute Gasteiger partial charge is 0.223 e. The molecule has 0 aliphatic carbocycles. The van der Waals surface area contributed by atoms with Gasteiger partial charge in [0.05, 0.1) is 24.2 Å². The van der Waals surface area contributed by atoms with Crippen LogP contribution >= 0.6 is 27.3 Å². The summed E-state index contributed by atoms with van der Waals surface area (Å²) in [6.45, 7) is 0. The topological polar surface area (TPSA) is 58.0 Å². The van der Waals surface area contributed by atoms with Crippen molar-refractivity contribution in [1.29, 1.82) is 0 Å². The molecular weight excluding hydrogens is 414 g/mol. The average Bonchev–Trinajstić information content (AvgIpc) is 3.29. The maximum absolute atomic E-state index is 9.65. The quantitative estimate of drug-likeness (QED) is 0.635. The van der Waals surface area contributed by atoms with E-state index in [1.54, 1.807) is 12.5 Å². The molecule has 2 aromatic carbocycles. The fraction of sp³-hybridized carbons (Fsp3) is 0.158. The molecule has 0 radical (unpaired) electrons. The highest BCUT2D eigenvalue weighted by molar-refractivity contribution is 9.10. The molecule has 1 aliphatic heterocycles. The molecule has 0 saturated heterocycles. The summed E-state index contributed by atoms with van der Waals surface area (Å²) in [6.07, 6.45) is 0.758. The Labute approximate surface area is 163 Å². The van der Waals surface area contributed by atoms with E-state index >= 15 is 0 Å². The first-order chi connectivity index (χ1) is 12.6. The van der Waals surface area contributed by atoms with E-state index in [1.807, 2.05) is 41.4 Å². The molecule has 0 saturated carbocycles. The van der Waals surface area contributed by atoms with Crippen molar-refractivity contribution in [2.75, 3.05) is 12.1 Å². The zero-order chi connectivity index (χ0) is 18.1. The second-order valence-electron chi connectivity index (χ2n) is 5.88. The standard InChI is InChI=1S/C19H16BrN3O2S/c1-25-15-8-4-12(5-9-15)16-10-17(13-2-6-14(20)7-3-13)23(22-16)19-21-18(24)11-26-19/h2-9,11,17,24H,10H2,1H3. The van der Waals surface area contributed by atoms with Crippen LogP contribution in [0.15, 0.2) is 63.5 Å². The number of methoxy groups -OCH3 is 1. The Bertz CT molecular complexity index is 938. The van der Waals surface area contributed by atoms with Gasteiger partial charge in [-0.25, -0.2) is 5.01 Å². The Kier molecular flexibility index (Phi) is 4.65. The van der Waals surface area contributed by atoms with Crippen LogP contribution in [0.3, 0.4) is 0 Å². The fourth-order valence-corrected chi connectivity index (χ4v) is 3.90. The molecule has 3 aromatic rings. The number of nitrogens with zero attached hydrogens (tertiary/aromatic N) is 3. The minimum absolute atomic E-state index is 0.0210. The van der Waals surface area contributed by atoms with E-state index in [9.17, 15) is 5.11 Å². The maximum atomic E-state index is 9.65. The summed E-state index contributed by atoms with van der Waals surface area (Å²) >= 11 is 4.86. The van der Waals surface area contributed by atoms with Gasteiger partial charge in [-0.3, -0.25) is 0 Å². The predicted octanol–water partition coefficient (Wildman–Crippen LogP) is 4.98. The van der Waals surface area contributed by atoms with E-state index < -0.39 is 0 Å². The minimum Gasteiger partial charge on any atom is -0.497 e. The lowest BCUT2D eigenvalue weighted by Crippen LogP contribution is -2.18. The van der Waals surface area contributed by atoms with Crippen LogP contribution in [0.2, 0.25) is 0 Å². The molecule has 5 nitrogen and oxygen atoms in total. The van der Waals surface area contributed by atoms with Crippen LogP contribution in [0.25, 0.3) is 0 Å². The Balaban J connectivity index is 1.71. The first-order valence-electron chi connectivity index (χ1n) is 8.05. The zero-order valence-corrected chi connectivity index (χ0v) is 16.4. The van der Waals surface area contributed by atoms with Crippen molar-refractivity contribution in [3.05, 3.63) is 69.5 Å². The summed E-state index contributed by atoms with van der Waals surface area (Å²) in [5, 5.41) is 18.7. The van der Waals surface area contributed by atoms with Crippen LogP contribution in [-0.2, 0) is 0 Å². The molecule has 0 fully saturated rings. The van der Waals surface area contributed by atoms with Crippen molar-refractivity contribution in [3.8, 4) is 11.6 Å². The van der Waals surface area contributed by atoms with Crippen molar-refractivity contribution in [3.63, 3.8) is 0 Å². The third kappa shape index (κ3) is 3.32. The van der Waals surface area contributed by atoms with E-state index in [-0.39, 0.29) is 11.9 Å². The van der Waals surface area contributed by atoms with E-state index in [0.717, 1.165) is 33.5 Å². The SMILES string of the molecule is COc1ccc(C2=NN(c3nc(O)cs3)C(c3ccc(Br)cc3)C2)cc1. The van der Waals surface area contributed by atoms with Gasteiger partial charge < -0.3 is 9.84 Å². The van der Waals surface area contributed by atoms with Gasteiger partial charge in [0, 0.05) is 10.9 Å². The Morgan fingerprint density at radius 3 is 2.50 bits per heavy atom. The molecule has 7 heteroatoms. The van der Waals surface area contributed by atoms with Gasteiger partial charge in [0.25, 0.3) is 0 Å². The summed E-state index contributed by atoms with van der Waals surface area (Å²) < 4.78 is 6.27. The predicted molar refractivity (Wildman–Crippen MR) is 107 cm³/mol. The van der Waals surface area contributed by atoms with Gasteiger partial charge in [-0.1, -0.05) is 39.4 Å². The normalized spacial score (nSPS) is 16.6. The van der Waals surface area contributed by atoms with Crippen molar-refractivity contribution in [1.82, 2.24) is 4.98 Å². The number of aromatic nitrogens is 1. The highest BCUT2D eigenvalue weighted by Crippen LogP contribution is 2.39. The molecular formula is C19H16BrN3O2S. The number of rotatable bonds is 4. The van der Waals surface area contributed by atoms with Gasteiger partial charge in [-0.15, -0.1) is 0 Å². The Hall–Kier alpha value is -2.38. The molecule has 26 heavy (non-hydrogen) atoms. The Morgan fingerprint density at radius 2 is 1.88 bits per heavy atom. The van der Waals surface area contributed by atoms with Crippen LogP contribution in [0.4, 0.5) is 5.13 Å². The van der Waals surface area contributed by atoms with Crippen LogP contribution in [0, 0.1) is 0 Å². The number of ether oxygens (including phenoxy) is 1. The number of hydrogen-bond acceptors (Lipinski definition) is 6. The van der Waals surface area contributed by atoms with E-state index in [0.29, 0.717) is 5.13 Å². The third-order valence-corrected chi connectivity index (χ3v) is 5.61.